The average Bonchev–Trinajstić information content (AvgIpc) is 3.66. The summed E-state index contributed by atoms with van der Waals surface area (Å²) in [6, 6.07) is 54.5. The molecule has 8 aromatic carbocycles. The lowest BCUT2D eigenvalue weighted by Crippen LogP contribution is -2.07. The highest BCUT2D eigenvalue weighted by Crippen LogP contribution is 2.35. The molecule has 16 heteroatoms. The van der Waals surface area contributed by atoms with Gasteiger partial charge in [0.1, 0.15) is 34.7 Å². The number of halogens is 2. The molecule has 2 aromatic heterocycles. The molecule has 410 valence electrons. The van der Waals surface area contributed by atoms with Crippen molar-refractivity contribution in [3.05, 3.63) is 282 Å². The maximum absolute atomic E-state index is 13.9. The van der Waals surface area contributed by atoms with E-state index in [1.165, 1.54) is 61.5 Å². The molecule has 0 fully saturated rings. The quantitative estimate of drug-likeness (QED) is 0.0430. The molecule has 0 bridgehead atoms. The molecule has 0 aliphatic heterocycles. The number of nitro groups is 2. The number of hydrogen-bond donors (Lipinski definition) is 1. The van der Waals surface area contributed by atoms with Crippen molar-refractivity contribution < 1.29 is 47.6 Å². The first kappa shape index (κ1) is 56.5. The summed E-state index contributed by atoms with van der Waals surface area (Å²) in [4.78, 5) is 68.5. The van der Waals surface area contributed by atoms with Crippen LogP contribution in [0.1, 0.15) is 80.4 Å². The van der Waals surface area contributed by atoms with Gasteiger partial charge in [0.25, 0.3) is 11.4 Å². The van der Waals surface area contributed by atoms with Crippen LogP contribution >= 0.6 is 0 Å². The van der Waals surface area contributed by atoms with E-state index in [4.69, 9.17) is 19.4 Å². The normalized spacial score (nSPS) is 11.3. The number of benzene rings is 8. The van der Waals surface area contributed by atoms with Crippen LogP contribution in [0, 0.1) is 31.9 Å². The van der Waals surface area contributed by atoms with E-state index in [1.54, 1.807) is 43.3 Å². The van der Waals surface area contributed by atoms with Gasteiger partial charge in [-0.1, -0.05) is 97.1 Å². The number of ketones is 3. The fourth-order valence-electron chi connectivity index (χ4n) is 9.39. The number of ether oxygens (including phenoxy) is 2. The van der Waals surface area contributed by atoms with E-state index in [0.717, 1.165) is 50.2 Å². The van der Waals surface area contributed by atoms with E-state index in [9.17, 15) is 48.5 Å². The predicted molar refractivity (Wildman–Crippen MR) is 307 cm³/mol. The Balaban J connectivity index is 0.000000198. The maximum atomic E-state index is 13.9. The molecule has 0 radical (unpaired) electrons. The summed E-state index contributed by atoms with van der Waals surface area (Å²) in [7, 11) is 0. The van der Waals surface area contributed by atoms with Crippen LogP contribution in [0.4, 0.5) is 20.2 Å². The topological polar surface area (TPSA) is 202 Å². The first-order valence-electron chi connectivity index (χ1n) is 26.1. The van der Waals surface area contributed by atoms with Crippen molar-refractivity contribution in [2.75, 3.05) is 0 Å². The van der Waals surface area contributed by atoms with Crippen LogP contribution in [0.3, 0.4) is 0 Å². The van der Waals surface area contributed by atoms with Gasteiger partial charge in [-0.2, -0.15) is 0 Å². The van der Waals surface area contributed by atoms with Crippen molar-refractivity contribution in [3.8, 4) is 23.3 Å². The predicted octanol–water partition coefficient (Wildman–Crippen LogP) is 14.3. The number of Topliss-reactive ketones (excluding diaryl/α,β-unsaturated/α-hetero) is 3. The number of carbonyl (C=O) groups is 3. The van der Waals surface area contributed by atoms with Crippen LogP contribution < -0.4 is 9.47 Å². The Bertz CT molecular complexity index is 4050. The van der Waals surface area contributed by atoms with E-state index < -0.39 is 27.6 Å². The van der Waals surface area contributed by atoms with Gasteiger partial charge in [0, 0.05) is 90.3 Å². The van der Waals surface area contributed by atoms with Gasteiger partial charge in [0.2, 0.25) is 11.8 Å². The molecular formula is C66H52F2N4O10. The summed E-state index contributed by atoms with van der Waals surface area (Å²) in [5.41, 5.74) is 7.97. The Morgan fingerprint density at radius 3 is 1.35 bits per heavy atom. The lowest BCUT2D eigenvalue weighted by molar-refractivity contribution is -0.385. The van der Waals surface area contributed by atoms with Crippen molar-refractivity contribution in [1.82, 2.24) is 9.97 Å². The van der Waals surface area contributed by atoms with Gasteiger partial charge in [0.15, 0.2) is 5.78 Å². The molecule has 0 aliphatic carbocycles. The van der Waals surface area contributed by atoms with E-state index in [1.807, 2.05) is 97.1 Å². The van der Waals surface area contributed by atoms with Crippen molar-refractivity contribution in [3.63, 3.8) is 0 Å². The first-order chi connectivity index (χ1) is 39.5. The van der Waals surface area contributed by atoms with Crippen molar-refractivity contribution in [2.45, 2.75) is 58.5 Å². The zero-order chi connectivity index (χ0) is 57.9. The summed E-state index contributed by atoms with van der Waals surface area (Å²) in [6.07, 6.45) is 0.556. The monoisotopic (exact) mass is 1100 g/mol. The number of nitro benzene ring substituents is 2. The van der Waals surface area contributed by atoms with Crippen LogP contribution in [0.25, 0.3) is 21.8 Å². The molecule has 10 aromatic rings. The summed E-state index contributed by atoms with van der Waals surface area (Å²) in [6.45, 7) is 2.89. The number of rotatable bonds is 20. The van der Waals surface area contributed by atoms with E-state index >= 15 is 0 Å². The molecule has 0 aliphatic rings. The number of aliphatic hydroxyl groups excluding tert-OH is 1. The second-order valence-corrected chi connectivity index (χ2v) is 19.7. The number of aromatic nitrogens is 2. The van der Waals surface area contributed by atoms with Crippen LogP contribution in [0.5, 0.6) is 23.3 Å². The van der Waals surface area contributed by atoms with Gasteiger partial charge in [-0.15, -0.1) is 0 Å². The van der Waals surface area contributed by atoms with Gasteiger partial charge in [-0.05, 0) is 120 Å². The van der Waals surface area contributed by atoms with E-state index in [-0.39, 0.29) is 65.7 Å². The zero-order valence-corrected chi connectivity index (χ0v) is 44.5. The van der Waals surface area contributed by atoms with Gasteiger partial charge < -0.3 is 14.6 Å². The standard InChI is InChI=1S/C33H27FN2O5.C33H25FN2O5/c2*1-21(37)30-20-27(34)11-13-32(30)41-33-26(14-22-6-3-2-4-7-22)19-25-15-24(10-12-31(25)35-33)18-29(38)17-23-8-5-9-28(16-23)36(39)40/h2-13,15-16,19-21,37H,14,17-18H2,1H3;2-13,15-16,19-20H,14,17-18H2,1H3. The smallest absolute Gasteiger partial charge is 0.269 e. The molecule has 1 atom stereocenters. The number of carbonyl (C=O) groups excluding carboxylic acids is 3. The third-order valence-electron chi connectivity index (χ3n) is 13.3. The number of nitrogens with zero attached hydrogens (tertiary/aromatic N) is 4. The zero-order valence-electron chi connectivity index (χ0n) is 44.5. The molecular weight excluding hydrogens is 1050 g/mol. The molecule has 2 heterocycles. The third-order valence-corrected chi connectivity index (χ3v) is 13.3. The molecule has 0 spiro atoms. The Kier molecular flexibility index (Phi) is 17.7. The van der Waals surface area contributed by atoms with E-state index in [0.29, 0.717) is 58.1 Å². The molecule has 0 saturated heterocycles. The van der Waals surface area contributed by atoms with E-state index in [2.05, 4.69) is 0 Å². The van der Waals surface area contributed by atoms with Crippen LogP contribution in [-0.4, -0.2) is 42.3 Å². The summed E-state index contributed by atoms with van der Waals surface area (Å²) < 4.78 is 40.0. The number of aliphatic hydroxyl groups is 1. The minimum atomic E-state index is -0.944. The van der Waals surface area contributed by atoms with Crippen LogP contribution in [0.2, 0.25) is 0 Å². The second-order valence-electron chi connectivity index (χ2n) is 19.7. The fourth-order valence-corrected chi connectivity index (χ4v) is 9.39. The SMILES string of the molecule is CC(=O)c1cc(F)ccc1Oc1nc2ccc(CC(=O)Cc3cccc([N+](=O)[O-])c3)cc2cc1Cc1ccccc1.CC(O)c1cc(F)ccc1Oc1nc2ccc(CC(=O)Cc3cccc([N+](=O)[O-])c3)cc2cc1Cc1ccccc1. The maximum Gasteiger partial charge on any atom is 0.269 e. The Labute approximate surface area is 469 Å². The van der Waals surface area contributed by atoms with Gasteiger partial charge in [-0.3, -0.25) is 34.6 Å². The summed E-state index contributed by atoms with van der Waals surface area (Å²) >= 11 is 0. The molecule has 14 nitrogen and oxygen atoms in total. The molecule has 1 unspecified atom stereocenters. The highest BCUT2D eigenvalue weighted by atomic mass is 19.1. The minimum absolute atomic E-state index is 0.0442. The minimum Gasteiger partial charge on any atom is -0.438 e. The number of non-ortho nitro benzene ring substituents is 2. The second kappa shape index (κ2) is 25.7. The lowest BCUT2D eigenvalue weighted by Gasteiger charge is -2.16. The Hall–Kier alpha value is -10.2. The highest BCUT2D eigenvalue weighted by molar-refractivity contribution is 5.97. The summed E-state index contributed by atoms with van der Waals surface area (Å²) in [5.74, 6) is -0.324. The van der Waals surface area contributed by atoms with Gasteiger partial charge in [0.05, 0.1) is 32.5 Å². The molecule has 82 heavy (non-hydrogen) atoms. The number of pyridine rings is 2. The van der Waals surface area contributed by atoms with Crippen LogP contribution in [0.15, 0.2) is 194 Å². The Morgan fingerprint density at radius 1 is 0.500 bits per heavy atom. The molecule has 10 rings (SSSR count). The average molecular weight is 1100 g/mol. The highest BCUT2D eigenvalue weighted by Gasteiger charge is 2.20. The van der Waals surface area contributed by atoms with Crippen molar-refractivity contribution >= 4 is 50.5 Å². The Morgan fingerprint density at radius 2 is 0.915 bits per heavy atom. The third kappa shape index (κ3) is 14.7. The number of hydrogen-bond acceptors (Lipinski definition) is 12. The largest absolute Gasteiger partial charge is 0.438 e. The van der Waals surface area contributed by atoms with Gasteiger partial charge >= 0.3 is 0 Å². The lowest BCUT2D eigenvalue weighted by atomic mass is 9.99. The molecule has 0 amide bonds. The molecule has 1 N–H and O–H groups in total. The van der Waals surface area contributed by atoms with Crippen LogP contribution in [-0.2, 0) is 48.1 Å². The first-order valence-corrected chi connectivity index (χ1v) is 26.1. The van der Waals surface area contributed by atoms with Gasteiger partial charge in [-0.25, -0.2) is 18.7 Å². The van der Waals surface area contributed by atoms with Crippen molar-refractivity contribution in [2.24, 2.45) is 0 Å². The van der Waals surface area contributed by atoms with Crippen molar-refractivity contribution in [1.29, 1.82) is 0 Å². The summed E-state index contributed by atoms with van der Waals surface area (Å²) in [5, 5.41) is 33.9. The molecule has 0 saturated carbocycles. The fraction of sp³-hybridized carbons (Fsp3) is 0.136. The number of fused-ring (bicyclic) bond motifs is 2.